The van der Waals surface area contributed by atoms with Gasteiger partial charge in [-0.15, -0.1) is 0 Å². The van der Waals surface area contributed by atoms with Crippen LogP contribution in [0.5, 0.6) is 0 Å². The van der Waals surface area contributed by atoms with Crippen LogP contribution in [0.15, 0.2) is 126 Å². The minimum atomic E-state index is -0.313. The number of rotatable bonds is 3. The van der Waals surface area contributed by atoms with Crippen LogP contribution in [0.3, 0.4) is 0 Å². The second kappa shape index (κ2) is 8.67. The van der Waals surface area contributed by atoms with Gasteiger partial charge in [0.1, 0.15) is 12.0 Å². The minimum Gasteiger partial charge on any atom is -0.350 e. The van der Waals surface area contributed by atoms with Gasteiger partial charge in [-0.3, -0.25) is 5.32 Å². The summed E-state index contributed by atoms with van der Waals surface area (Å²) in [4.78, 5) is 5.35. The first-order valence-corrected chi connectivity index (χ1v) is 14.0. The third-order valence-electron chi connectivity index (χ3n) is 8.69. The normalized spacial score (nSPS) is 19.2. The van der Waals surface area contributed by atoms with Crippen molar-refractivity contribution in [3.8, 4) is 11.1 Å². The Morgan fingerprint density at radius 1 is 0.675 bits per heavy atom. The van der Waals surface area contributed by atoms with Gasteiger partial charge < -0.3 is 9.88 Å². The molecule has 0 spiro atoms. The Hall–Kier alpha value is -4.67. The number of nitrogens with zero attached hydrogens (tertiary/aromatic N) is 2. The third kappa shape index (κ3) is 3.33. The molecule has 0 fully saturated rings. The number of nitrogens with one attached hydrogen (secondary N) is 2. The van der Waals surface area contributed by atoms with Crippen LogP contribution in [0.2, 0.25) is 0 Å². The van der Waals surface area contributed by atoms with Crippen LogP contribution < -0.4 is 10.6 Å². The van der Waals surface area contributed by atoms with Gasteiger partial charge in [-0.2, -0.15) is 0 Å². The zero-order valence-electron chi connectivity index (χ0n) is 22.6. The van der Waals surface area contributed by atoms with Crippen LogP contribution in [-0.2, 0) is 5.41 Å². The van der Waals surface area contributed by atoms with E-state index in [1.165, 1.54) is 49.6 Å². The number of para-hydroxylation sites is 1. The maximum absolute atomic E-state index is 5.35. The van der Waals surface area contributed by atoms with Crippen molar-refractivity contribution in [2.24, 2.45) is 4.99 Å². The lowest BCUT2D eigenvalue weighted by Gasteiger charge is -2.33. The summed E-state index contributed by atoms with van der Waals surface area (Å²) in [5.41, 5.74) is 9.97. The second-order valence-electron chi connectivity index (χ2n) is 11.3. The molecule has 2 atom stereocenters. The van der Waals surface area contributed by atoms with E-state index in [0.717, 1.165) is 11.4 Å². The zero-order valence-corrected chi connectivity index (χ0v) is 22.6. The number of aromatic nitrogens is 1. The van der Waals surface area contributed by atoms with Crippen molar-refractivity contribution in [2.75, 3.05) is 0 Å². The number of hydrogen-bond acceptors (Lipinski definition) is 3. The molecule has 1 aliphatic heterocycles. The molecule has 2 aliphatic rings. The Kier molecular flexibility index (Phi) is 5.04. The molecule has 0 saturated heterocycles. The molecule has 0 amide bonds. The maximum Gasteiger partial charge on any atom is 0.184 e. The minimum absolute atomic E-state index is 0.0754. The van der Waals surface area contributed by atoms with E-state index in [0.29, 0.717) is 0 Å². The summed E-state index contributed by atoms with van der Waals surface area (Å²) in [7, 11) is 0. The maximum atomic E-state index is 5.35. The van der Waals surface area contributed by atoms with E-state index in [-0.39, 0.29) is 17.9 Å². The van der Waals surface area contributed by atoms with Crippen LogP contribution in [0.1, 0.15) is 48.6 Å². The molecule has 5 aromatic carbocycles. The van der Waals surface area contributed by atoms with Crippen LogP contribution >= 0.6 is 0 Å². The Morgan fingerprint density at radius 3 is 2.20 bits per heavy atom. The Labute approximate surface area is 234 Å². The standard InChI is InChI=1S/C36H30N4/c1-36(2)28-19-11-9-18-27(28)31-29(36)22-21-26-25-17-10-12-20-30(25)40(32(26)31)35-38-33(23-13-5-3-6-14-23)37-34(39-35)24-15-7-4-8-16-24/h3-22,33,35,38H,1-2H3,(H,37,39). The van der Waals surface area contributed by atoms with Gasteiger partial charge >= 0.3 is 0 Å². The predicted octanol–water partition coefficient (Wildman–Crippen LogP) is 7.90. The van der Waals surface area contributed by atoms with Crippen molar-refractivity contribution in [2.45, 2.75) is 31.7 Å². The molecule has 194 valence electrons. The fourth-order valence-corrected chi connectivity index (χ4v) is 6.76. The largest absolute Gasteiger partial charge is 0.350 e. The molecule has 40 heavy (non-hydrogen) atoms. The van der Waals surface area contributed by atoms with Crippen molar-refractivity contribution < 1.29 is 0 Å². The Bertz CT molecular complexity index is 1930. The first kappa shape index (κ1) is 23.2. The van der Waals surface area contributed by atoms with Crippen LogP contribution in [0, 0.1) is 0 Å². The highest BCUT2D eigenvalue weighted by molar-refractivity contribution is 6.14. The quantitative estimate of drug-likeness (QED) is 0.250. The molecule has 4 heteroatoms. The molecule has 2 heterocycles. The fourth-order valence-electron chi connectivity index (χ4n) is 6.76. The lowest BCUT2D eigenvalue weighted by Crippen LogP contribution is -2.46. The van der Waals surface area contributed by atoms with E-state index in [9.17, 15) is 0 Å². The van der Waals surface area contributed by atoms with Crippen molar-refractivity contribution in [3.05, 3.63) is 144 Å². The highest BCUT2D eigenvalue weighted by atomic mass is 15.4. The van der Waals surface area contributed by atoms with Crippen molar-refractivity contribution in [1.29, 1.82) is 0 Å². The lowest BCUT2D eigenvalue weighted by molar-refractivity contribution is 0.341. The second-order valence-corrected chi connectivity index (χ2v) is 11.3. The molecule has 2 N–H and O–H groups in total. The summed E-state index contributed by atoms with van der Waals surface area (Å²) >= 11 is 0. The SMILES string of the molecule is CC1(C)c2ccccc2-c2c1ccc1c3ccccc3n(C3N=C(c4ccccc4)NC(c4ccccc4)N3)c21. The summed E-state index contributed by atoms with van der Waals surface area (Å²) in [6.07, 6.45) is -0.415. The monoisotopic (exact) mass is 518 g/mol. The summed E-state index contributed by atoms with van der Waals surface area (Å²) in [6.45, 7) is 4.69. The average Bonchev–Trinajstić information content (AvgIpc) is 3.47. The van der Waals surface area contributed by atoms with E-state index in [4.69, 9.17) is 4.99 Å². The van der Waals surface area contributed by atoms with Gasteiger partial charge in [-0.05, 0) is 28.3 Å². The third-order valence-corrected chi connectivity index (χ3v) is 8.69. The summed E-state index contributed by atoms with van der Waals surface area (Å²) in [5, 5.41) is 10.0. The van der Waals surface area contributed by atoms with Gasteiger partial charge in [0, 0.05) is 27.3 Å². The summed E-state index contributed by atoms with van der Waals surface area (Å²) < 4.78 is 2.43. The molecule has 2 unspecified atom stereocenters. The van der Waals surface area contributed by atoms with Crippen LogP contribution in [-0.4, -0.2) is 10.4 Å². The van der Waals surface area contributed by atoms with Gasteiger partial charge in [0.05, 0.1) is 11.0 Å². The number of fused-ring (bicyclic) bond motifs is 7. The van der Waals surface area contributed by atoms with E-state index < -0.39 is 0 Å². The van der Waals surface area contributed by atoms with E-state index in [1.54, 1.807) is 0 Å². The van der Waals surface area contributed by atoms with Gasteiger partial charge in [0.15, 0.2) is 6.29 Å². The molecule has 1 aliphatic carbocycles. The van der Waals surface area contributed by atoms with Gasteiger partial charge in [-0.25, -0.2) is 4.99 Å². The zero-order chi connectivity index (χ0) is 26.8. The van der Waals surface area contributed by atoms with Crippen LogP contribution in [0.4, 0.5) is 0 Å². The first-order valence-electron chi connectivity index (χ1n) is 14.0. The topological polar surface area (TPSA) is 41.4 Å². The molecule has 0 bridgehead atoms. The highest BCUT2D eigenvalue weighted by Crippen LogP contribution is 2.52. The lowest BCUT2D eigenvalue weighted by atomic mass is 9.82. The molecular weight excluding hydrogens is 488 g/mol. The van der Waals surface area contributed by atoms with Crippen molar-refractivity contribution >= 4 is 27.6 Å². The molecule has 6 aromatic rings. The van der Waals surface area contributed by atoms with Crippen molar-refractivity contribution in [3.63, 3.8) is 0 Å². The fraction of sp³-hybridized carbons (Fsp3) is 0.139. The predicted molar refractivity (Wildman–Crippen MR) is 164 cm³/mol. The number of hydrogen-bond donors (Lipinski definition) is 2. The highest BCUT2D eigenvalue weighted by Gasteiger charge is 2.38. The summed E-state index contributed by atoms with van der Waals surface area (Å²) in [6, 6.07) is 43.3. The molecular formula is C36H30N4. The number of benzene rings is 5. The first-order chi connectivity index (χ1) is 19.6. The Morgan fingerprint density at radius 2 is 1.38 bits per heavy atom. The number of aliphatic imine (C=N–C) groups is 1. The molecule has 8 rings (SSSR count). The van der Waals surface area contributed by atoms with Gasteiger partial charge in [0.25, 0.3) is 0 Å². The van der Waals surface area contributed by atoms with E-state index in [2.05, 4.69) is 144 Å². The van der Waals surface area contributed by atoms with E-state index in [1.807, 2.05) is 6.07 Å². The average molecular weight is 519 g/mol. The molecule has 0 saturated carbocycles. The van der Waals surface area contributed by atoms with Gasteiger partial charge in [-0.1, -0.05) is 129 Å². The summed E-state index contributed by atoms with van der Waals surface area (Å²) in [5.74, 6) is 0.887. The van der Waals surface area contributed by atoms with Gasteiger partial charge in [0.2, 0.25) is 0 Å². The number of amidine groups is 1. The van der Waals surface area contributed by atoms with Crippen LogP contribution in [0.25, 0.3) is 32.9 Å². The smallest absolute Gasteiger partial charge is 0.184 e. The van der Waals surface area contributed by atoms with Crippen molar-refractivity contribution in [1.82, 2.24) is 15.2 Å². The Balaban J connectivity index is 1.44. The molecule has 0 radical (unpaired) electrons. The molecule has 4 nitrogen and oxygen atoms in total. The molecule has 1 aromatic heterocycles. The van der Waals surface area contributed by atoms with E-state index >= 15 is 0 Å².